The van der Waals surface area contributed by atoms with Gasteiger partial charge in [0.15, 0.2) is 17.3 Å². The number of phenolic OH excluding ortho intramolecular Hbond substituents is 1. The molecule has 0 unspecified atom stereocenters. The van der Waals surface area contributed by atoms with Gasteiger partial charge in [-0.2, -0.15) is 0 Å². The summed E-state index contributed by atoms with van der Waals surface area (Å²) in [6.45, 7) is 7.93. The van der Waals surface area contributed by atoms with Crippen LogP contribution in [0.4, 0.5) is 4.39 Å². The number of rotatable bonds is 2. The Kier molecular flexibility index (Phi) is 5.68. The molecule has 0 atom stereocenters. The predicted octanol–water partition coefficient (Wildman–Crippen LogP) is 3.26. The Morgan fingerprint density at radius 2 is 1.93 bits per heavy atom. The minimum atomic E-state index is -0.640. The van der Waals surface area contributed by atoms with Crippen LogP contribution in [0.25, 0.3) is 0 Å². The van der Waals surface area contributed by atoms with Gasteiger partial charge in [0.1, 0.15) is 0 Å². The van der Waals surface area contributed by atoms with Crippen LogP contribution in [0.5, 0.6) is 11.5 Å². The van der Waals surface area contributed by atoms with Crippen LogP contribution in [0.15, 0.2) is 12.1 Å². The van der Waals surface area contributed by atoms with Crippen LogP contribution in [0.3, 0.4) is 0 Å². The zero-order valence-electron chi connectivity index (χ0n) is 9.10. The largest absolute Gasteiger partial charge is 0.502 e. The van der Waals surface area contributed by atoms with Crippen molar-refractivity contribution in [3.05, 3.63) is 23.5 Å². The van der Waals surface area contributed by atoms with E-state index in [2.05, 4.69) is 0 Å². The highest BCUT2D eigenvalue weighted by molar-refractivity contribution is 5.42. The maximum atomic E-state index is 12.8. The van der Waals surface area contributed by atoms with Crippen LogP contribution in [0.2, 0.25) is 0 Å². The van der Waals surface area contributed by atoms with Crippen molar-refractivity contribution >= 4 is 0 Å². The fourth-order valence-electron chi connectivity index (χ4n) is 0.968. The molecular weight excluding hydrogens is 183 g/mol. The fraction of sp³-hybridized carbons (Fsp3) is 0.455. The van der Waals surface area contributed by atoms with E-state index in [1.54, 1.807) is 19.9 Å². The van der Waals surface area contributed by atoms with E-state index in [1.807, 2.05) is 13.8 Å². The average Bonchev–Trinajstić information content (AvgIpc) is 2.17. The van der Waals surface area contributed by atoms with Crippen LogP contribution < -0.4 is 4.74 Å². The Bertz CT molecular complexity index is 285. The molecule has 0 amide bonds. The van der Waals surface area contributed by atoms with Crippen LogP contribution in [0, 0.1) is 12.7 Å². The Morgan fingerprint density at radius 3 is 2.43 bits per heavy atom. The fourth-order valence-corrected chi connectivity index (χ4v) is 0.968. The van der Waals surface area contributed by atoms with E-state index < -0.39 is 11.6 Å². The van der Waals surface area contributed by atoms with E-state index in [-0.39, 0.29) is 5.75 Å². The van der Waals surface area contributed by atoms with Crippen molar-refractivity contribution in [3.8, 4) is 11.5 Å². The minimum Gasteiger partial charge on any atom is -0.502 e. The lowest BCUT2D eigenvalue weighted by molar-refractivity contribution is 0.310. The molecule has 0 saturated heterocycles. The summed E-state index contributed by atoms with van der Waals surface area (Å²) in [4.78, 5) is 0. The number of halogens is 1. The lowest BCUT2D eigenvalue weighted by atomic mass is 10.2. The molecule has 0 aliphatic heterocycles. The minimum absolute atomic E-state index is 0.204. The topological polar surface area (TPSA) is 29.5 Å². The van der Waals surface area contributed by atoms with Gasteiger partial charge in [0.2, 0.25) is 0 Å². The van der Waals surface area contributed by atoms with Gasteiger partial charge in [-0.05, 0) is 31.5 Å². The number of hydrogen-bond donors (Lipinski definition) is 1. The molecule has 80 valence electrons. The first-order valence-electron chi connectivity index (χ1n) is 4.77. The third-order valence-corrected chi connectivity index (χ3v) is 1.47. The molecule has 0 aromatic heterocycles. The van der Waals surface area contributed by atoms with Crippen LogP contribution in [-0.4, -0.2) is 11.7 Å². The number of benzene rings is 1. The Labute approximate surface area is 84.3 Å². The van der Waals surface area contributed by atoms with Crippen LogP contribution in [-0.2, 0) is 0 Å². The van der Waals surface area contributed by atoms with Gasteiger partial charge in [0.05, 0.1) is 6.61 Å². The maximum Gasteiger partial charge on any atom is 0.194 e. The van der Waals surface area contributed by atoms with E-state index in [4.69, 9.17) is 9.84 Å². The van der Waals surface area contributed by atoms with E-state index in [1.165, 1.54) is 6.07 Å². The third kappa shape index (κ3) is 3.24. The van der Waals surface area contributed by atoms with E-state index in [0.717, 1.165) is 5.56 Å². The number of phenols is 1. The van der Waals surface area contributed by atoms with E-state index >= 15 is 0 Å². The van der Waals surface area contributed by atoms with E-state index in [9.17, 15) is 4.39 Å². The van der Waals surface area contributed by atoms with Crippen molar-refractivity contribution in [2.75, 3.05) is 6.61 Å². The zero-order chi connectivity index (χ0) is 11.1. The third-order valence-electron chi connectivity index (χ3n) is 1.47. The molecule has 1 aromatic carbocycles. The second-order valence-electron chi connectivity index (χ2n) is 2.53. The number of ether oxygens (including phenoxy) is 1. The molecule has 0 bridgehead atoms. The molecule has 0 aliphatic carbocycles. The average molecular weight is 200 g/mol. The summed E-state index contributed by atoms with van der Waals surface area (Å²) in [5.74, 6) is -0.851. The standard InChI is InChI=1S/C9H11FO2.C2H6/c1-3-12-8-5-6(2)4-7(10)9(8)11;1-2/h4-5,11H,3H2,1-2H3;1-2H3. The summed E-state index contributed by atoms with van der Waals surface area (Å²) < 4.78 is 17.8. The number of hydrogen-bond acceptors (Lipinski definition) is 2. The first-order chi connectivity index (χ1) is 6.65. The van der Waals surface area contributed by atoms with Crippen molar-refractivity contribution in [1.82, 2.24) is 0 Å². The van der Waals surface area contributed by atoms with Gasteiger partial charge in [0, 0.05) is 0 Å². The second-order valence-corrected chi connectivity index (χ2v) is 2.53. The second kappa shape index (κ2) is 6.24. The molecule has 1 rings (SSSR count). The predicted molar refractivity (Wildman–Crippen MR) is 55.3 cm³/mol. The smallest absolute Gasteiger partial charge is 0.194 e. The SMILES string of the molecule is CC.CCOc1cc(C)cc(F)c1O. The normalized spacial score (nSPS) is 8.93. The molecule has 0 saturated carbocycles. The Balaban J connectivity index is 0.000000791. The number of aromatic hydroxyl groups is 1. The molecule has 14 heavy (non-hydrogen) atoms. The summed E-state index contributed by atoms with van der Waals surface area (Å²) in [5, 5.41) is 9.15. The van der Waals surface area contributed by atoms with Gasteiger partial charge in [-0.1, -0.05) is 13.8 Å². The highest BCUT2D eigenvalue weighted by atomic mass is 19.1. The Hall–Kier alpha value is -1.25. The molecular formula is C11H17FO2. The Morgan fingerprint density at radius 1 is 1.36 bits per heavy atom. The monoisotopic (exact) mass is 200 g/mol. The van der Waals surface area contributed by atoms with Crippen molar-refractivity contribution in [1.29, 1.82) is 0 Å². The van der Waals surface area contributed by atoms with Gasteiger partial charge in [-0.3, -0.25) is 0 Å². The summed E-state index contributed by atoms with van der Waals surface area (Å²) in [6.07, 6.45) is 0. The quantitative estimate of drug-likeness (QED) is 0.794. The summed E-state index contributed by atoms with van der Waals surface area (Å²) in [6, 6.07) is 2.86. The van der Waals surface area contributed by atoms with Crippen molar-refractivity contribution in [3.63, 3.8) is 0 Å². The van der Waals surface area contributed by atoms with Gasteiger partial charge in [-0.15, -0.1) is 0 Å². The van der Waals surface area contributed by atoms with Crippen LogP contribution >= 0.6 is 0 Å². The zero-order valence-corrected chi connectivity index (χ0v) is 9.10. The van der Waals surface area contributed by atoms with E-state index in [0.29, 0.717) is 6.61 Å². The van der Waals surface area contributed by atoms with Gasteiger partial charge >= 0.3 is 0 Å². The maximum absolute atomic E-state index is 12.8. The molecule has 3 heteroatoms. The molecule has 2 nitrogen and oxygen atoms in total. The highest BCUT2D eigenvalue weighted by Gasteiger charge is 2.08. The molecule has 0 fully saturated rings. The molecule has 0 heterocycles. The highest BCUT2D eigenvalue weighted by Crippen LogP contribution is 2.29. The summed E-state index contributed by atoms with van der Waals surface area (Å²) in [7, 11) is 0. The lowest BCUT2D eigenvalue weighted by Crippen LogP contribution is -1.93. The summed E-state index contributed by atoms with van der Waals surface area (Å²) in [5.41, 5.74) is 0.730. The molecule has 0 spiro atoms. The van der Waals surface area contributed by atoms with Gasteiger partial charge < -0.3 is 9.84 Å². The number of aryl methyl sites for hydroxylation is 1. The first kappa shape index (κ1) is 12.8. The molecule has 1 aromatic rings. The molecule has 0 aliphatic rings. The summed E-state index contributed by atoms with van der Waals surface area (Å²) >= 11 is 0. The van der Waals surface area contributed by atoms with Crippen molar-refractivity contribution < 1.29 is 14.2 Å². The first-order valence-corrected chi connectivity index (χ1v) is 4.77. The van der Waals surface area contributed by atoms with Crippen molar-refractivity contribution in [2.24, 2.45) is 0 Å². The lowest BCUT2D eigenvalue weighted by Gasteiger charge is -2.06. The molecule has 1 N–H and O–H groups in total. The van der Waals surface area contributed by atoms with Gasteiger partial charge in [-0.25, -0.2) is 4.39 Å². The van der Waals surface area contributed by atoms with Crippen LogP contribution in [0.1, 0.15) is 26.3 Å². The van der Waals surface area contributed by atoms with Crippen molar-refractivity contribution in [2.45, 2.75) is 27.7 Å². The van der Waals surface area contributed by atoms with Gasteiger partial charge in [0.25, 0.3) is 0 Å². The molecule has 0 radical (unpaired) electrons.